The fourth-order valence-corrected chi connectivity index (χ4v) is 3.93. The van der Waals surface area contributed by atoms with E-state index in [0.717, 1.165) is 33.8 Å². The van der Waals surface area contributed by atoms with Crippen LogP contribution in [0.3, 0.4) is 0 Å². The number of nitrogens with zero attached hydrogens (tertiary/aromatic N) is 1. The maximum atomic E-state index is 10.1. The highest BCUT2D eigenvalue weighted by Crippen LogP contribution is 2.28. The zero-order valence-electron chi connectivity index (χ0n) is 16.1. The second-order valence-corrected chi connectivity index (χ2v) is 7.72. The lowest BCUT2D eigenvalue weighted by Crippen LogP contribution is -2.06. The second-order valence-electron chi connectivity index (χ2n) is 6.68. The number of aliphatic hydroxyl groups is 1. The van der Waals surface area contributed by atoms with Gasteiger partial charge >= 0.3 is 0 Å². The molecule has 0 fully saturated rings. The van der Waals surface area contributed by atoms with Crippen LogP contribution in [0, 0.1) is 25.2 Å². The first kappa shape index (κ1) is 20.0. The van der Waals surface area contributed by atoms with Crippen molar-refractivity contribution in [2.45, 2.75) is 37.2 Å². The maximum Gasteiger partial charge on any atom is 0.166 e. The zero-order valence-corrected chi connectivity index (χ0v) is 16.9. The highest BCUT2D eigenvalue weighted by atomic mass is 32.2. The SMILES string of the molecule is Cc1cccc(C)c1OCc1cc(CSc2ccccc2)ccc1C(O)C#N. The molecule has 0 aromatic heterocycles. The van der Waals surface area contributed by atoms with Gasteiger partial charge in [-0.15, -0.1) is 11.8 Å². The third-order valence-corrected chi connectivity index (χ3v) is 5.64. The van der Waals surface area contributed by atoms with E-state index < -0.39 is 6.10 Å². The second kappa shape index (κ2) is 9.45. The summed E-state index contributed by atoms with van der Waals surface area (Å²) < 4.78 is 6.08. The van der Waals surface area contributed by atoms with Crippen molar-refractivity contribution in [2.75, 3.05) is 0 Å². The fraction of sp³-hybridized carbons (Fsp3) is 0.208. The van der Waals surface area contributed by atoms with Crippen molar-refractivity contribution < 1.29 is 9.84 Å². The summed E-state index contributed by atoms with van der Waals surface area (Å²) in [6.45, 7) is 4.34. The molecule has 3 aromatic carbocycles. The lowest BCUT2D eigenvalue weighted by atomic mass is 10.0. The summed E-state index contributed by atoms with van der Waals surface area (Å²) in [5.41, 5.74) is 4.70. The van der Waals surface area contributed by atoms with Gasteiger partial charge in [-0.2, -0.15) is 5.26 Å². The molecule has 0 aliphatic heterocycles. The zero-order chi connectivity index (χ0) is 19.9. The van der Waals surface area contributed by atoms with Gasteiger partial charge in [-0.05, 0) is 48.2 Å². The Morgan fingerprint density at radius 1 is 1.00 bits per heavy atom. The molecule has 0 saturated heterocycles. The van der Waals surface area contributed by atoms with Gasteiger partial charge in [0.2, 0.25) is 0 Å². The Labute approximate surface area is 170 Å². The summed E-state index contributed by atoms with van der Waals surface area (Å²) in [5.74, 6) is 1.66. The van der Waals surface area contributed by atoms with Crippen LogP contribution in [0.2, 0.25) is 0 Å². The van der Waals surface area contributed by atoms with Gasteiger partial charge < -0.3 is 9.84 Å². The molecule has 0 aliphatic rings. The van der Waals surface area contributed by atoms with Crippen LogP contribution in [0.15, 0.2) is 71.6 Å². The number of para-hydroxylation sites is 1. The van der Waals surface area contributed by atoms with Gasteiger partial charge in [-0.1, -0.05) is 54.6 Å². The first-order valence-corrected chi connectivity index (χ1v) is 10.1. The van der Waals surface area contributed by atoms with E-state index in [9.17, 15) is 5.11 Å². The van der Waals surface area contributed by atoms with Crippen molar-refractivity contribution in [2.24, 2.45) is 0 Å². The highest BCUT2D eigenvalue weighted by molar-refractivity contribution is 7.98. The third kappa shape index (κ3) is 4.95. The van der Waals surface area contributed by atoms with Crippen molar-refractivity contribution in [1.29, 1.82) is 5.26 Å². The fourth-order valence-electron chi connectivity index (χ4n) is 3.07. The Kier molecular flexibility index (Phi) is 6.76. The van der Waals surface area contributed by atoms with E-state index in [0.29, 0.717) is 12.2 Å². The van der Waals surface area contributed by atoms with Crippen LogP contribution in [-0.2, 0) is 12.4 Å². The van der Waals surface area contributed by atoms with E-state index in [1.807, 2.05) is 74.5 Å². The number of nitriles is 1. The quantitative estimate of drug-likeness (QED) is 0.414. The molecular formula is C24H23NO2S. The number of hydrogen-bond acceptors (Lipinski definition) is 4. The minimum atomic E-state index is -1.16. The lowest BCUT2D eigenvalue weighted by molar-refractivity contribution is 0.229. The van der Waals surface area contributed by atoms with Gasteiger partial charge in [0.1, 0.15) is 12.4 Å². The van der Waals surface area contributed by atoms with Crippen molar-refractivity contribution in [3.63, 3.8) is 0 Å². The molecule has 0 spiro atoms. The van der Waals surface area contributed by atoms with Gasteiger partial charge in [0.05, 0.1) is 6.07 Å². The van der Waals surface area contributed by atoms with Crippen LogP contribution in [0.25, 0.3) is 0 Å². The summed E-state index contributed by atoms with van der Waals surface area (Å²) in [6, 6.07) is 24.0. The van der Waals surface area contributed by atoms with Crippen molar-refractivity contribution in [3.05, 3.63) is 94.5 Å². The molecule has 0 amide bonds. The number of aryl methyl sites for hydroxylation is 2. The van der Waals surface area contributed by atoms with E-state index >= 15 is 0 Å². The molecule has 0 radical (unpaired) electrons. The molecule has 1 N–H and O–H groups in total. The highest BCUT2D eigenvalue weighted by Gasteiger charge is 2.14. The van der Waals surface area contributed by atoms with E-state index in [4.69, 9.17) is 10.00 Å². The van der Waals surface area contributed by atoms with E-state index in [2.05, 4.69) is 12.1 Å². The molecule has 1 unspecified atom stereocenters. The van der Waals surface area contributed by atoms with Crippen LogP contribution in [0.4, 0.5) is 0 Å². The summed E-state index contributed by atoms with van der Waals surface area (Å²) in [4.78, 5) is 1.21. The van der Waals surface area contributed by atoms with Gasteiger partial charge in [0.25, 0.3) is 0 Å². The maximum absolute atomic E-state index is 10.1. The molecule has 0 aliphatic carbocycles. The summed E-state index contributed by atoms with van der Waals surface area (Å²) in [7, 11) is 0. The number of rotatable bonds is 7. The Bertz CT molecular complexity index is 959. The van der Waals surface area contributed by atoms with Gasteiger partial charge in [0, 0.05) is 16.2 Å². The van der Waals surface area contributed by atoms with Gasteiger partial charge in [0.15, 0.2) is 6.10 Å². The predicted octanol–water partition coefficient (Wildman–Crippen LogP) is 5.73. The minimum absolute atomic E-state index is 0.309. The van der Waals surface area contributed by atoms with E-state index in [1.54, 1.807) is 11.8 Å². The lowest BCUT2D eigenvalue weighted by Gasteiger charge is -2.16. The smallest absolute Gasteiger partial charge is 0.166 e. The molecule has 142 valence electrons. The molecule has 1 atom stereocenters. The molecule has 0 saturated carbocycles. The first-order chi connectivity index (χ1) is 13.6. The molecule has 28 heavy (non-hydrogen) atoms. The Balaban J connectivity index is 1.81. The monoisotopic (exact) mass is 389 g/mol. The largest absolute Gasteiger partial charge is 0.488 e. The molecule has 3 aromatic rings. The molecule has 3 rings (SSSR count). The number of benzene rings is 3. The standard InChI is InChI=1S/C24H23NO2S/c1-17-7-6-8-18(2)24(17)27-15-20-13-19(11-12-22(20)23(26)14-25)16-28-21-9-4-3-5-10-21/h3-13,23,26H,15-16H2,1-2H3. The number of aliphatic hydroxyl groups excluding tert-OH is 1. The van der Waals surface area contributed by atoms with E-state index in [1.165, 1.54) is 4.90 Å². The Morgan fingerprint density at radius 3 is 2.39 bits per heavy atom. The van der Waals surface area contributed by atoms with Crippen LogP contribution < -0.4 is 4.74 Å². The normalized spacial score (nSPS) is 11.6. The minimum Gasteiger partial charge on any atom is -0.488 e. The number of ether oxygens (including phenoxy) is 1. The van der Waals surface area contributed by atoms with Crippen LogP contribution in [0.1, 0.15) is 33.9 Å². The molecule has 0 bridgehead atoms. The molecule has 4 heteroatoms. The number of hydrogen-bond donors (Lipinski definition) is 1. The van der Waals surface area contributed by atoms with Crippen LogP contribution in [0.5, 0.6) is 5.75 Å². The van der Waals surface area contributed by atoms with Gasteiger partial charge in [-0.25, -0.2) is 0 Å². The van der Waals surface area contributed by atoms with Crippen LogP contribution >= 0.6 is 11.8 Å². The third-order valence-electron chi connectivity index (χ3n) is 4.55. The first-order valence-electron chi connectivity index (χ1n) is 9.14. The average molecular weight is 390 g/mol. The van der Waals surface area contributed by atoms with E-state index in [-0.39, 0.29) is 0 Å². The molecule has 3 nitrogen and oxygen atoms in total. The van der Waals surface area contributed by atoms with Crippen molar-refractivity contribution in [1.82, 2.24) is 0 Å². The predicted molar refractivity (Wildman–Crippen MR) is 113 cm³/mol. The summed E-state index contributed by atoms with van der Waals surface area (Å²) in [6.07, 6.45) is -1.16. The van der Waals surface area contributed by atoms with Crippen molar-refractivity contribution >= 4 is 11.8 Å². The molecule has 0 heterocycles. The number of thioether (sulfide) groups is 1. The van der Waals surface area contributed by atoms with Gasteiger partial charge in [-0.3, -0.25) is 0 Å². The Morgan fingerprint density at radius 2 is 1.71 bits per heavy atom. The summed E-state index contributed by atoms with van der Waals surface area (Å²) >= 11 is 1.75. The summed E-state index contributed by atoms with van der Waals surface area (Å²) in [5, 5.41) is 19.3. The van der Waals surface area contributed by atoms with Crippen LogP contribution in [-0.4, -0.2) is 5.11 Å². The molecular weight excluding hydrogens is 366 g/mol. The topological polar surface area (TPSA) is 53.2 Å². The average Bonchev–Trinajstić information content (AvgIpc) is 2.72. The van der Waals surface area contributed by atoms with Crippen molar-refractivity contribution in [3.8, 4) is 11.8 Å². The Hall–Kier alpha value is -2.74.